The van der Waals surface area contributed by atoms with Crippen LogP contribution in [0, 0.1) is 3.57 Å². The molecule has 1 fully saturated rings. The smallest absolute Gasteiger partial charge is 0.252 e. The molecule has 5 nitrogen and oxygen atoms in total. The molecule has 0 radical (unpaired) electrons. The van der Waals surface area contributed by atoms with E-state index in [9.17, 15) is 14.7 Å². The maximum atomic E-state index is 11.9. The first-order chi connectivity index (χ1) is 8.58. The standard InChI is InChI=1S/C12H13IN2O3/c13-8-4-3-7(6-10(8)16)11(17)15-9-2-1-5-14-12(9)18/h3-4,6,9,16H,1-2,5H2,(H,14,18)(H,15,17). The number of phenolic OH excluding ortho intramolecular Hbond substituents is 1. The number of piperidine rings is 1. The van der Waals surface area contributed by atoms with E-state index in [0.29, 0.717) is 22.1 Å². The fourth-order valence-corrected chi connectivity index (χ4v) is 2.14. The first kappa shape index (κ1) is 13.1. The van der Waals surface area contributed by atoms with E-state index in [1.54, 1.807) is 12.1 Å². The van der Waals surface area contributed by atoms with Crippen LogP contribution in [0.1, 0.15) is 23.2 Å². The van der Waals surface area contributed by atoms with E-state index in [-0.39, 0.29) is 17.6 Å². The number of hydrogen-bond donors (Lipinski definition) is 3. The van der Waals surface area contributed by atoms with Crippen LogP contribution in [0.3, 0.4) is 0 Å². The molecule has 18 heavy (non-hydrogen) atoms. The van der Waals surface area contributed by atoms with Gasteiger partial charge < -0.3 is 15.7 Å². The van der Waals surface area contributed by atoms with Gasteiger partial charge in [0.15, 0.2) is 0 Å². The molecule has 1 aromatic carbocycles. The highest BCUT2D eigenvalue weighted by Crippen LogP contribution is 2.20. The van der Waals surface area contributed by atoms with Gasteiger partial charge in [0, 0.05) is 12.1 Å². The second-order valence-electron chi connectivity index (χ2n) is 4.13. The number of hydrogen-bond acceptors (Lipinski definition) is 3. The van der Waals surface area contributed by atoms with Crippen LogP contribution in [0.2, 0.25) is 0 Å². The molecule has 1 atom stereocenters. The van der Waals surface area contributed by atoms with Crippen molar-refractivity contribution in [1.29, 1.82) is 0 Å². The molecular weight excluding hydrogens is 347 g/mol. The van der Waals surface area contributed by atoms with Gasteiger partial charge in [0.2, 0.25) is 5.91 Å². The Bertz CT molecular complexity index is 490. The minimum atomic E-state index is -0.479. The molecule has 1 aliphatic rings. The zero-order chi connectivity index (χ0) is 13.1. The highest BCUT2D eigenvalue weighted by molar-refractivity contribution is 14.1. The van der Waals surface area contributed by atoms with Crippen LogP contribution in [0.25, 0.3) is 0 Å². The number of amides is 2. The van der Waals surface area contributed by atoms with Gasteiger partial charge in [-0.05, 0) is 53.6 Å². The molecule has 0 aliphatic carbocycles. The average Bonchev–Trinajstić information content (AvgIpc) is 2.35. The van der Waals surface area contributed by atoms with E-state index >= 15 is 0 Å². The zero-order valence-corrected chi connectivity index (χ0v) is 11.7. The lowest BCUT2D eigenvalue weighted by Crippen LogP contribution is -2.50. The molecule has 3 N–H and O–H groups in total. The van der Waals surface area contributed by atoms with E-state index in [2.05, 4.69) is 10.6 Å². The zero-order valence-electron chi connectivity index (χ0n) is 9.57. The molecule has 6 heteroatoms. The monoisotopic (exact) mass is 360 g/mol. The van der Waals surface area contributed by atoms with Crippen LogP contribution in [0.5, 0.6) is 5.75 Å². The maximum absolute atomic E-state index is 11.9. The Balaban J connectivity index is 2.07. The number of carbonyl (C=O) groups is 2. The van der Waals surface area contributed by atoms with E-state index in [4.69, 9.17) is 0 Å². The summed E-state index contributed by atoms with van der Waals surface area (Å²) in [5.41, 5.74) is 0.353. The quantitative estimate of drug-likeness (QED) is 0.689. The summed E-state index contributed by atoms with van der Waals surface area (Å²) in [5.74, 6) is -0.426. The number of nitrogens with one attached hydrogen (secondary N) is 2. The van der Waals surface area contributed by atoms with Crippen LogP contribution in [-0.4, -0.2) is 29.5 Å². The van der Waals surface area contributed by atoms with Gasteiger partial charge in [-0.2, -0.15) is 0 Å². The van der Waals surface area contributed by atoms with Crippen LogP contribution >= 0.6 is 22.6 Å². The predicted molar refractivity (Wildman–Crippen MR) is 74.3 cm³/mol. The largest absolute Gasteiger partial charge is 0.507 e. The Morgan fingerprint density at radius 3 is 2.94 bits per heavy atom. The lowest BCUT2D eigenvalue weighted by molar-refractivity contribution is -0.124. The molecular formula is C12H13IN2O3. The van der Waals surface area contributed by atoms with Crippen molar-refractivity contribution in [2.75, 3.05) is 6.54 Å². The van der Waals surface area contributed by atoms with Crippen molar-refractivity contribution in [3.8, 4) is 5.75 Å². The van der Waals surface area contributed by atoms with Gasteiger partial charge in [-0.15, -0.1) is 0 Å². The summed E-state index contributed by atoms with van der Waals surface area (Å²) in [6, 6.07) is 4.20. The normalized spacial score (nSPS) is 19.2. The van der Waals surface area contributed by atoms with Crippen molar-refractivity contribution in [3.63, 3.8) is 0 Å². The van der Waals surface area contributed by atoms with Crippen LogP contribution < -0.4 is 10.6 Å². The van der Waals surface area contributed by atoms with Crippen LogP contribution in [0.15, 0.2) is 18.2 Å². The number of benzene rings is 1. The fraction of sp³-hybridized carbons (Fsp3) is 0.333. The second kappa shape index (κ2) is 5.55. The summed E-state index contributed by atoms with van der Waals surface area (Å²) in [6.45, 7) is 0.662. The van der Waals surface area contributed by atoms with Crippen molar-refractivity contribution in [2.24, 2.45) is 0 Å². The third kappa shape index (κ3) is 2.92. The van der Waals surface area contributed by atoms with Crippen molar-refractivity contribution in [3.05, 3.63) is 27.3 Å². The lowest BCUT2D eigenvalue weighted by Gasteiger charge is -2.22. The van der Waals surface area contributed by atoms with Gasteiger partial charge in [0.1, 0.15) is 11.8 Å². The molecule has 1 aromatic rings. The molecule has 2 amide bonds. The third-order valence-electron chi connectivity index (χ3n) is 2.80. The molecule has 0 spiro atoms. The number of halogens is 1. The topological polar surface area (TPSA) is 78.4 Å². The van der Waals surface area contributed by atoms with E-state index < -0.39 is 6.04 Å². The highest BCUT2D eigenvalue weighted by Gasteiger charge is 2.24. The molecule has 1 aliphatic heterocycles. The SMILES string of the molecule is O=C(NC1CCCNC1=O)c1ccc(I)c(O)c1. The third-order valence-corrected chi connectivity index (χ3v) is 3.71. The number of rotatable bonds is 2. The first-order valence-corrected chi connectivity index (χ1v) is 6.73. The molecule has 2 rings (SSSR count). The highest BCUT2D eigenvalue weighted by atomic mass is 127. The Morgan fingerprint density at radius 1 is 1.50 bits per heavy atom. The Morgan fingerprint density at radius 2 is 2.28 bits per heavy atom. The first-order valence-electron chi connectivity index (χ1n) is 5.65. The summed E-state index contributed by atoms with van der Waals surface area (Å²) in [6.07, 6.45) is 1.50. The van der Waals surface area contributed by atoms with Crippen molar-refractivity contribution in [1.82, 2.24) is 10.6 Å². The van der Waals surface area contributed by atoms with E-state index in [1.807, 2.05) is 22.6 Å². The fourth-order valence-electron chi connectivity index (χ4n) is 1.81. The molecule has 0 saturated carbocycles. The Kier molecular flexibility index (Phi) is 4.05. The lowest BCUT2D eigenvalue weighted by atomic mass is 10.1. The van der Waals surface area contributed by atoms with Gasteiger partial charge in [-0.25, -0.2) is 0 Å². The maximum Gasteiger partial charge on any atom is 0.252 e. The number of carbonyl (C=O) groups excluding carboxylic acids is 2. The van der Waals surface area contributed by atoms with Gasteiger partial charge in [-0.3, -0.25) is 9.59 Å². The summed E-state index contributed by atoms with van der Waals surface area (Å²) in [7, 11) is 0. The summed E-state index contributed by atoms with van der Waals surface area (Å²) < 4.78 is 0.680. The Hall–Kier alpha value is -1.31. The van der Waals surface area contributed by atoms with Crippen molar-refractivity contribution < 1.29 is 14.7 Å². The van der Waals surface area contributed by atoms with Crippen molar-refractivity contribution >= 4 is 34.4 Å². The predicted octanol–water partition coefficient (Wildman–Crippen LogP) is 1.01. The average molecular weight is 360 g/mol. The Labute approximate surface area is 118 Å². The van der Waals surface area contributed by atoms with Crippen molar-refractivity contribution in [2.45, 2.75) is 18.9 Å². The minimum Gasteiger partial charge on any atom is -0.507 e. The van der Waals surface area contributed by atoms with E-state index in [1.165, 1.54) is 6.07 Å². The van der Waals surface area contributed by atoms with E-state index in [0.717, 1.165) is 6.42 Å². The van der Waals surface area contributed by atoms with Crippen LogP contribution in [-0.2, 0) is 4.79 Å². The van der Waals surface area contributed by atoms with Gasteiger partial charge in [0.05, 0.1) is 3.57 Å². The molecule has 1 heterocycles. The number of phenols is 1. The molecule has 0 aromatic heterocycles. The van der Waals surface area contributed by atoms with Gasteiger partial charge in [0.25, 0.3) is 5.91 Å². The summed E-state index contributed by atoms with van der Waals surface area (Å²) in [5, 5.41) is 14.9. The molecule has 1 saturated heterocycles. The molecule has 96 valence electrons. The minimum absolute atomic E-state index is 0.0661. The second-order valence-corrected chi connectivity index (χ2v) is 5.29. The summed E-state index contributed by atoms with van der Waals surface area (Å²) in [4.78, 5) is 23.4. The molecule has 1 unspecified atom stereocenters. The van der Waals surface area contributed by atoms with Gasteiger partial charge >= 0.3 is 0 Å². The number of aromatic hydroxyl groups is 1. The van der Waals surface area contributed by atoms with Crippen LogP contribution in [0.4, 0.5) is 0 Å². The molecule has 0 bridgehead atoms. The van der Waals surface area contributed by atoms with Gasteiger partial charge in [-0.1, -0.05) is 0 Å². The summed E-state index contributed by atoms with van der Waals surface area (Å²) >= 11 is 1.98.